The second kappa shape index (κ2) is 5.51. The van der Waals surface area contributed by atoms with Gasteiger partial charge in [0.15, 0.2) is 0 Å². The van der Waals surface area contributed by atoms with Gasteiger partial charge in [-0.15, -0.1) is 0 Å². The summed E-state index contributed by atoms with van der Waals surface area (Å²) in [6.45, 7) is 6.60. The van der Waals surface area contributed by atoms with Crippen LogP contribution in [0.3, 0.4) is 0 Å². The van der Waals surface area contributed by atoms with Gasteiger partial charge in [-0.25, -0.2) is 0 Å². The molecule has 1 fully saturated rings. The molecule has 0 unspecified atom stereocenters. The van der Waals surface area contributed by atoms with Crippen molar-refractivity contribution in [2.24, 2.45) is 0 Å². The van der Waals surface area contributed by atoms with Gasteiger partial charge in [0.2, 0.25) is 0 Å². The molecule has 5 nitrogen and oxygen atoms in total. The number of rotatable bonds is 4. The number of aryl methyl sites for hydroxylation is 3. The van der Waals surface area contributed by atoms with E-state index in [9.17, 15) is 4.79 Å². The Balaban J connectivity index is 1.54. The average Bonchev–Trinajstić information content (AvgIpc) is 3.20. The highest BCUT2D eigenvalue weighted by Crippen LogP contribution is 2.39. The van der Waals surface area contributed by atoms with Crippen LogP contribution in [0.25, 0.3) is 10.9 Å². The normalized spacial score (nSPS) is 14.3. The predicted octanol–water partition coefficient (Wildman–Crippen LogP) is 3.62. The minimum Gasteiger partial charge on any atom is -0.350 e. The third-order valence-electron chi connectivity index (χ3n) is 4.82. The zero-order valence-corrected chi connectivity index (χ0v) is 14.3. The Morgan fingerprint density at radius 2 is 2.04 bits per heavy atom. The summed E-state index contributed by atoms with van der Waals surface area (Å²) in [5.41, 5.74) is 7.12. The summed E-state index contributed by atoms with van der Waals surface area (Å²) in [7, 11) is 0. The van der Waals surface area contributed by atoms with Crippen LogP contribution in [0.15, 0.2) is 18.2 Å². The van der Waals surface area contributed by atoms with Crippen LogP contribution in [-0.4, -0.2) is 21.1 Å². The molecule has 5 heteroatoms. The minimum atomic E-state index is -0.0803. The molecule has 0 saturated heterocycles. The molecule has 0 atom stereocenters. The number of amides is 1. The number of aromatic nitrogens is 3. The number of carbonyl (C=O) groups excluding carboxylic acids is 1. The maximum Gasteiger partial charge on any atom is 0.268 e. The molecular formula is C19H22N4O. The van der Waals surface area contributed by atoms with Crippen LogP contribution < -0.4 is 5.32 Å². The Morgan fingerprint density at radius 3 is 2.79 bits per heavy atom. The topological polar surface area (TPSA) is 73.6 Å². The molecule has 0 aliphatic heterocycles. The largest absolute Gasteiger partial charge is 0.350 e. The van der Waals surface area contributed by atoms with E-state index in [2.05, 4.69) is 52.5 Å². The molecule has 2 aromatic heterocycles. The second-order valence-electron chi connectivity index (χ2n) is 6.90. The summed E-state index contributed by atoms with van der Waals surface area (Å²) in [5, 5.41) is 11.4. The summed E-state index contributed by atoms with van der Waals surface area (Å²) in [4.78, 5) is 15.9. The Labute approximate surface area is 140 Å². The van der Waals surface area contributed by atoms with Gasteiger partial charge in [-0.05, 0) is 56.9 Å². The zero-order valence-electron chi connectivity index (χ0n) is 14.3. The van der Waals surface area contributed by atoms with Gasteiger partial charge in [0.05, 0.1) is 17.9 Å². The summed E-state index contributed by atoms with van der Waals surface area (Å²) in [5.74, 6) is 0.538. The maximum atomic E-state index is 12.6. The molecule has 1 aliphatic carbocycles. The molecular weight excluding hydrogens is 300 g/mol. The summed E-state index contributed by atoms with van der Waals surface area (Å²) >= 11 is 0. The molecule has 0 bridgehead atoms. The summed E-state index contributed by atoms with van der Waals surface area (Å²) in [6.07, 6.45) is 2.45. The fraction of sp³-hybridized carbons (Fsp3) is 0.368. The van der Waals surface area contributed by atoms with E-state index in [-0.39, 0.29) is 5.91 Å². The Bertz CT molecular complexity index is 930. The quantitative estimate of drug-likeness (QED) is 0.686. The summed E-state index contributed by atoms with van der Waals surface area (Å²) < 4.78 is 0. The van der Waals surface area contributed by atoms with Crippen molar-refractivity contribution in [3.8, 4) is 0 Å². The third kappa shape index (κ3) is 2.60. The van der Waals surface area contributed by atoms with Crippen molar-refractivity contribution >= 4 is 16.8 Å². The van der Waals surface area contributed by atoms with E-state index in [0.717, 1.165) is 33.4 Å². The standard InChI is InChI=1S/C19H22N4O/c1-10-6-11(2)17-15(7-10)12(3)18(21-17)19(24)20-9-14-8-16(23-22-14)13-4-5-13/h6-8,13,21H,4-5,9H2,1-3H3,(H,20,24)(H,22,23). The lowest BCUT2D eigenvalue weighted by molar-refractivity contribution is 0.0945. The van der Waals surface area contributed by atoms with Gasteiger partial charge in [0, 0.05) is 16.8 Å². The maximum absolute atomic E-state index is 12.6. The van der Waals surface area contributed by atoms with Gasteiger partial charge in [-0.2, -0.15) is 5.10 Å². The first-order valence-electron chi connectivity index (χ1n) is 8.45. The highest BCUT2D eigenvalue weighted by Gasteiger charge is 2.26. The monoisotopic (exact) mass is 322 g/mol. The van der Waals surface area contributed by atoms with Crippen LogP contribution >= 0.6 is 0 Å². The lowest BCUT2D eigenvalue weighted by Crippen LogP contribution is -2.24. The first kappa shape index (κ1) is 15.0. The number of aromatic amines is 2. The fourth-order valence-electron chi connectivity index (χ4n) is 3.33. The molecule has 0 spiro atoms. The Kier molecular flexibility index (Phi) is 3.44. The number of nitrogens with zero attached hydrogens (tertiary/aromatic N) is 1. The molecule has 1 amide bonds. The van der Waals surface area contributed by atoms with E-state index in [1.54, 1.807) is 0 Å². The molecule has 124 valence electrons. The van der Waals surface area contributed by atoms with Crippen molar-refractivity contribution < 1.29 is 4.79 Å². The van der Waals surface area contributed by atoms with E-state index in [4.69, 9.17) is 0 Å². The van der Waals surface area contributed by atoms with Crippen molar-refractivity contribution in [1.82, 2.24) is 20.5 Å². The van der Waals surface area contributed by atoms with Crippen molar-refractivity contribution in [1.29, 1.82) is 0 Å². The lowest BCUT2D eigenvalue weighted by Gasteiger charge is -2.02. The number of nitrogens with one attached hydrogen (secondary N) is 3. The van der Waals surface area contributed by atoms with Gasteiger partial charge in [0.1, 0.15) is 5.69 Å². The minimum absolute atomic E-state index is 0.0803. The summed E-state index contributed by atoms with van der Waals surface area (Å²) in [6, 6.07) is 6.31. The van der Waals surface area contributed by atoms with Crippen LogP contribution in [0.2, 0.25) is 0 Å². The molecule has 2 heterocycles. The Morgan fingerprint density at radius 1 is 1.25 bits per heavy atom. The average molecular weight is 322 g/mol. The number of hydrogen-bond acceptors (Lipinski definition) is 2. The number of carbonyl (C=O) groups is 1. The number of H-pyrrole nitrogens is 2. The van der Waals surface area contributed by atoms with Gasteiger partial charge < -0.3 is 10.3 Å². The molecule has 3 N–H and O–H groups in total. The first-order valence-corrected chi connectivity index (χ1v) is 8.45. The molecule has 1 aliphatic rings. The van der Waals surface area contributed by atoms with Gasteiger partial charge in [-0.3, -0.25) is 9.89 Å². The van der Waals surface area contributed by atoms with Crippen LogP contribution in [0.4, 0.5) is 0 Å². The van der Waals surface area contributed by atoms with Crippen molar-refractivity contribution in [3.63, 3.8) is 0 Å². The van der Waals surface area contributed by atoms with E-state index in [1.165, 1.54) is 18.4 Å². The van der Waals surface area contributed by atoms with E-state index in [0.29, 0.717) is 18.2 Å². The SMILES string of the molecule is Cc1cc(C)c2[nH]c(C(=O)NCc3cc(C4CC4)n[nH]3)c(C)c2c1. The molecule has 4 rings (SSSR count). The van der Waals surface area contributed by atoms with E-state index >= 15 is 0 Å². The highest BCUT2D eigenvalue weighted by atomic mass is 16.1. The Hall–Kier alpha value is -2.56. The lowest BCUT2D eigenvalue weighted by atomic mass is 10.1. The van der Waals surface area contributed by atoms with Gasteiger partial charge in [0.25, 0.3) is 5.91 Å². The number of benzene rings is 1. The molecule has 3 aromatic rings. The van der Waals surface area contributed by atoms with Crippen LogP contribution in [0.1, 0.15) is 57.3 Å². The van der Waals surface area contributed by atoms with E-state index < -0.39 is 0 Å². The second-order valence-corrected chi connectivity index (χ2v) is 6.90. The highest BCUT2D eigenvalue weighted by molar-refractivity contribution is 6.01. The zero-order chi connectivity index (χ0) is 16.8. The molecule has 0 radical (unpaired) electrons. The van der Waals surface area contributed by atoms with Crippen molar-refractivity contribution in [2.45, 2.75) is 46.1 Å². The molecule has 24 heavy (non-hydrogen) atoms. The molecule has 1 saturated carbocycles. The van der Waals surface area contributed by atoms with Crippen LogP contribution in [0, 0.1) is 20.8 Å². The van der Waals surface area contributed by atoms with Crippen LogP contribution in [0.5, 0.6) is 0 Å². The predicted molar refractivity (Wildman–Crippen MR) is 94.2 cm³/mol. The fourth-order valence-corrected chi connectivity index (χ4v) is 3.33. The van der Waals surface area contributed by atoms with Gasteiger partial charge >= 0.3 is 0 Å². The van der Waals surface area contributed by atoms with Crippen molar-refractivity contribution in [2.75, 3.05) is 0 Å². The van der Waals surface area contributed by atoms with E-state index in [1.807, 2.05) is 6.92 Å². The number of fused-ring (bicyclic) bond motifs is 1. The van der Waals surface area contributed by atoms with Gasteiger partial charge in [-0.1, -0.05) is 11.6 Å². The number of hydrogen-bond donors (Lipinski definition) is 3. The smallest absolute Gasteiger partial charge is 0.268 e. The molecule has 1 aromatic carbocycles. The third-order valence-corrected chi connectivity index (χ3v) is 4.82. The van der Waals surface area contributed by atoms with Crippen LogP contribution in [-0.2, 0) is 6.54 Å². The first-order chi connectivity index (χ1) is 11.5. The van der Waals surface area contributed by atoms with Crippen molar-refractivity contribution in [3.05, 3.63) is 52.0 Å².